The van der Waals surface area contributed by atoms with Crippen molar-refractivity contribution >= 4 is 5.91 Å². The van der Waals surface area contributed by atoms with Crippen LogP contribution in [-0.4, -0.2) is 41.6 Å². The zero-order valence-electron chi connectivity index (χ0n) is 11.0. The third-order valence-electron chi connectivity index (χ3n) is 3.49. The Morgan fingerprint density at radius 1 is 1.58 bits per heavy atom. The molecule has 1 fully saturated rings. The molecule has 5 heteroatoms. The molecule has 1 atom stereocenters. The van der Waals surface area contributed by atoms with E-state index in [1.165, 1.54) is 6.07 Å². The fourth-order valence-electron chi connectivity index (χ4n) is 2.41. The molecule has 2 rings (SSSR count). The third kappa shape index (κ3) is 3.44. The molecule has 2 N–H and O–H groups in total. The topological polar surface area (TPSA) is 52.6 Å². The van der Waals surface area contributed by atoms with Crippen LogP contribution in [0.5, 0.6) is 5.75 Å². The number of likely N-dealkylation sites (N-methyl/N-ethyl adjacent to an activating group) is 1. The predicted octanol–water partition coefficient (Wildman–Crippen LogP) is 1.75. The van der Waals surface area contributed by atoms with Crippen LogP contribution in [0.2, 0.25) is 0 Å². The van der Waals surface area contributed by atoms with Gasteiger partial charge in [-0.1, -0.05) is 6.92 Å². The maximum atomic E-state index is 13.1. The number of amides is 1. The minimum atomic E-state index is -0.526. The van der Waals surface area contributed by atoms with Gasteiger partial charge in [0.05, 0.1) is 5.56 Å². The van der Waals surface area contributed by atoms with Crippen molar-refractivity contribution in [1.29, 1.82) is 0 Å². The number of rotatable bonds is 3. The Hall–Kier alpha value is -1.62. The van der Waals surface area contributed by atoms with Gasteiger partial charge < -0.3 is 15.3 Å². The normalized spacial score (nSPS) is 20.2. The molecule has 1 saturated heterocycles. The van der Waals surface area contributed by atoms with Crippen molar-refractivity contribution in [3.05, 3.63) is 29.6 Å². The fraction of sp³-hybridized carbons (Fsp3) is 0.500. The van der Waals surface area contributed by atoms with Crippen molar-refractivity contribution in [3.8, 4) is 5.75 Å². The highest BCUT2D eigenvalue weighted by atomic mass is 19.1. The first kappa shape index (κ1) is 13.8. The number of phenols is 1. The van der Waals surface area contributed by atoms with Gasteiger partial charge in [-0.05, 0) is 44.1 Å². The van der Waals surface area contributed by atoms with E-state index >= 15 is 0 Å². The summed E-state index contributed by atoms with van der Waals surface area (Å²) in [5.41, 5.74) is -0.00591. The van der Waals surface area contributed by atoms with Gasteiger partial charge in [0.1, 0.15) is 11.6 Å². The average molecular weight is 266 g/mol. The smallest absolute Gasteiger partial charge is 0.255 e. The number of hydrogen-bond acceptors (Lipinski definition) is 3. The van der Waals surface area contributed by atoms with Crippen molar-refractivity contribution in [1.82, 2.24) is 10.2 Å². The van der Waals surface area contributed by atoms with Gasteiger partial charge in [-0.2, -0.15) is 0 Å². The molecular formula is C14H19FN2O2. The van der Waals surface area contributed by atoms with E-state index in [0.29, 0.717) is 0 Å². The van der Waals surface area contributed by atoms with Crippen molar-refractivity contribution in [2.24, 2.45) is 0 Å². The standard InChI is InChI=1S/C14H19FN2O2/c1-2-17-7-3-4-11(9-17)16-14(19)12-8-10(15)5-6-13(12)18/h5-6,8,11,18H,2-4,7,9H2,1H3,(H,16,19). The van der Waals surface area contributed by atoms with Crippen LogP contribution in [0, 0.1) is 5.82 Å². The SMILES string of the molecule is CCN1CCCC(NC(=O)c2cc(F)ccc2O)C1. The highest BCUT2D eigenvalue weighted by molar-refractivity contribution is 5.97. The van der Waals surface area contributed by atoms with Crippen LogP contribution in [0.3, 0.4) is 0 Å². The first-order valence-corrected chi connectivity index (χ1v) is 6.62. The number of aromatic hydroxyl groups is 1. The Kier molecular flexibility index (Phi) is 4.37. The van der Waals surface area contributed by atoms with E-state index in [9.17, 15) is 14.3 Å². The molecule has 1 unspecified atom stereocenters. The number of phenolic OH excluding ortho intramolecular Hbond substituents is 1. The number of nitrogens with one attached hydrogen (secondary N) is 1. The first-order valence-electron chi connectivity index (χ1n) is 6.62. The molecule has 0 saturated carbocycles. The fourth-order valence-corrected chi connectivity index (χ4v) is 2.41. The zero-order chi connectivity index (χ0) is 13.8. The summed E-state index contributed by atoms with van der Waals surface area (Å²) in [7, 11) is 0. The second kappa shape index (κ2) is 6.02. The van der Waals surface area contributed by atoms with Gasteiger partial charge in [-0.25, -0.2) is 4.39 Å². The highest BCUT2D eigenvalue weighted by Gasteiger charge is 2.22. The van der Waals surface area contributed by atoms with Crippen molar-refractivity contribution < 1.29 is 14.3 Å². The quantitative estimate of drug-likeness (QED) is 0.876. The van der Waals surface area contributed by atoms with E-state index in [2.05, 4.69) is 17.1 Å². The second-order valence-electron chi connectivity index (χ2n) is 4.87. The summed E-state index contributed by atoms with van der Waals surface area (Å²) < 4.78 is 13.1. The lowest BCUT2D eigenvalue weighted by Crippen LogP contribution is -2.47. The summed E-state index contributed by atoms with van der Waals surface area (Å²) in [6, 6.07) is 3.45. The van der Waals surface area contributed by atoms with Crippen molar-refractivity contribution in [2.75, 3.05) is 19.6 Å². The summed E-state index contributed by atoms with van der Waals surface area (Å²) in [4.78, 5) is 14.3. The molecule has 1 amide bonds. The number of carbonyl (C=O) groups is 1. The largest absolute Gasteiger partial charge is 0.507 e. The number of carbonyl (C=O) groups excluding carboxylic acids is 1. The van der Waals surface area contributed by atoms with E-state index in [1.807, 2.05) is 0 Å². The van der Waals surface area contributed by atoms with E-state index in [4.69, 9.17) is 0 Å². The lowest BCUT2D eigenvalue weighted by molar-refractivity contribution is 0.0902. The van der Waals surface area contributed by atoms with Crippen LogP contribution in [-0.2, 0) is 0 Å². The van der Waals surface area contributed by atoms with Crippen LogP contribution in [0.15, 0.2) is 18.2 Å². The van der Waals surface area contributed by atoms with Crippen molar-refractivity contribution in [2.45, 2.75) is 25.8 Å². The molecule has 104 valence electrons. The summed E-state index contributed by atoms with van der Waals surface area (Å²) >= 11 is 0. The molecule has 1 heterocycles. The van der Waals surface area contributed by atoms with Gasteiger partial charge in [0.2, 0.25) is 0 Å². The van der Waals surface area contributed by atoms with Crippen LogP contribution in [0.4, 0.5) is 4.39 Å². The van der Waals surface area contributed by atoms with Crippen LogP contribution in [0.1, 0.15) is 30.1 Å². The van der Waals surface area contributed by atoms with Gasteiger partial charge in [0, 0.05) is 12.6 Å². The molecule has 0 aromatic heterocycles. The van der Waals surface area contributed by atoms with Crippen LogP contribution in [0.25, 0.3) is 0 Å². The van der Waals surface area contributed by atoms with Crippen LogP contribution < -0.4 is 5.32 Å². The lowest BCUT2D eigenvalue weighted by Gasteiger charge is -2.32. The van der Waals surface area contributed by atoms with E-state index < -0.39 is 11.7 Å². The Morgan fingerprint density at radius 2 is 2.37 bits per heavy atom. The van der Waals surface area contributed by atoms with Gasteiger partial charge >= 0.3 is 0 Å². The van der Waals surface area contributed by atoms with Crippen LogP contribution >= 0.6 is 0 Å². The molecule has 19 heavy (non-hydrogen) atoms. The average Bonchev–Trinajstić information content (AvgIpc) is 2.41. The zero-order valence-corrected chi connectivity index (χ0v) is 11.0. The number of likely N-dealkylation sites (tertiary alicyclic amines) is 1. The molecule has 4 nitrogen and oxygen atoms in total. The van der Waals surface area contributed by atoms with E-state index in [0.717, 1.165) is 44.6 Å². The molecule has 1 aromatic rings. The van der Waals surface area contributed by atoms with E-state index in [1.54, 1.807) is 0 Å². The third-order valence-corrected chi connectivity index (χ3v) is 3.49. The minimum Gasteiger partial charge on any atom is -0.507 e. The lowest BCUT2D eigenvalue weighted by atomic mass is 10.0. The summed E-state index contributed by atoms with van der Waals surface area (Å²) in [6.45, 7) is 4.90. The molecule has 0 bridgehead atoms. The first-order chi connectivity index (χ1) is 9.10. The Labute approximate surface area is 112 Å². The summed E-state index contributed by atoms with van der Waals surface area (Å²) in [6.07, 6.45) is 1.95. The molecule has 1 aliphatic rings. The monoisotopic (exact) mass is 266 g/mol. The van der Waals surface area contributed by atoms with Gasteiger partial charge in [-0.3, -0.25) is 4.79 Å². The Morgan fingerprint density at radius 3 is 3.11 bits per heavy atom. The van der Waals surface area contributed by atoms with E-state index in [-0.39, 0.29) is 17.4 Å². The predicted molar refractivity (Wildman–Crippen MR) is 70.7 cm³/mol. The summed E-state index contributed by atoms with van der Waals surface area (Å²) in [5.74, 6) is -1.14. The molecule has 1 aliphatic heterocycles. The molecule has 1 aromatic carbocycles. The highest BCUT2D eigenvalue weighted by Crippen LogP contribution is 2.18. The molecule has 0 spiro atoms. The molecule has 0 radical (unpaired) electrons. The number of nitrogens with zero attached hydrogens (tertiary/aromatic N) is 1. The number of benzene rings is 1. The number of halogens is 1. The maximum absolute atomic E-state index is 13.1. The summed E-state index contributed by atoms with van der Waals surface area (Å²) in [5, 5.41) is 12.5. The maximum Gasteiger partial charge on any atom is 0.255 e. The van der Waals surface area contributed by atoms with Crippen molar-refractivity contribution in [3.63, 3.8) is 0 Å². The number of hydrogen-bond donors (Lipinski definition) is 2. The molecule has 0 aliphatic carbocycles. The number of piperidine rings is 1. The minimum absolute atomic E-state index is 0.00591. The Balaban J connectivity index is 2.02. The van der Waals surface area contributed by atoms with Gasteiger partial charge in [-0.15, -0.1) is 0 Å². The second-order valence-corrected chi connectivity index (χ2v) is 4.87. The Bertz CT molecular complexity index is 465. The van der Waals surface area contributed by atoms with Gasteiger partial charge in [0.15, 0.2) is 0 Å². The molecular weight excluding hydrogens is 247 g/mol. The van der Waals surface area contributed by atoms with Gasteiger partial charge in [0.25, 0.3) is 5.91 Å².